The third-order valence-electron chi connectivity index (χ3n) is 4.32. The highest BCUT2D eigenvalue weighted by Gasteiger charge is 2.23. The zero-order chi connectivity index (χ0) is 20.2. The molecule has 150 valence electrons. The molecule has 10 heteroatoms. The van der Waals surface area contributed by atoms with Crippen molar-refractivity contribution in [3.05, 3.63) is 47.0 Å². The number of hydrogen-bond donors (Lipinski definition) is 2. The standard InChI is InChI=1S/C19H20N6O2S2/c1-20-17(26)24-19-21-13-8-9-25(11-14(13)29-19)15-10-16(23-18(22-15)28-2)27-12-6-4-3-5-7-12/h3-7,10H,8-9,11H2,1-2H3,(H2,20,21,24,26). The first kappa shape index (κ1) is 19.5. The molecule has 0 radical (unpaired) electrons. The number of carbonyl (C=O) groups excluding carboxylic acids is 1. The summed E-state index contributed by atoms with van der Waals surface area (Å²) in [4.78, 5) is 28.5. The van der Waals surface area contributed by atoms with Crippen LogP contribution in [0.4, 0.5) is 15.7 Å². The minimum Gasteiger partial charge on any atom is -0.439 e. The van der Waals surface area contributed by atoms with E-state index in [1.165, 1.54) is 23.1 Å². The summed E-state index contributed by atoms with van der Waals surface area (Å²) < 4.78 is 5.93. The first-order valence-corrected chi connectivity index (χ1v) is 11.1. The maximum Gasteiger partial charge on any atom is 0.320 e. The lowest BCUT2D eigenvalue weighted by molar-refractivity contribution is 0.254. The van der Waals surface area contributed by atoms with Gasteiger partial charge in [0.2, 0.25) is 5.88 Å². The van der Waals surface area contributed by atoms with E-state index in [4.69, 9.17) is 4.74 Å². The van der Waals surface area contributed by atoms with E-state index in [1.54, 1.807) is 7.05 Å². The molecule has 0 aliphatic carbocycles. The van der Waals surface area contributed by atoms with Crippen LogP contribution in [0.2, 0.25) is 0 Å². The molecule has 1 aromatic carbocycles. The summed E-state index contributed by atoms with van der Waals surface area (Å²) in [6.07, 6.45) is 2.73. The predicted octanol–water partition coefficient (Wildman–Crippen LogP) is 3.76. The maximum absolute atomic E-state index is 11.5. The second-order valence-corrected chi connectivity index (χ2v) is 8.09. The molecular formula is C19H20N6O2S2. The van der Waals surface area contributed by atoms with Crippen molar-refractivity contribution in [1.29, 1.82) is 0 Å². The van der Waals surface area contributed by atoms with Gasteiger partial charge in [-0.25, -0.2) is 14.8 Å². The lowest BCUT2D eigenvalue weighted by Gasteiger charge is -2.27. The number of fused-ring (bicyclic) bond motifs is 1. The molecule has 2 aromatic heterocycles. The van der Waals surface area contributed by atoms with Crippen LogP contribution in [0.15, 0.2) is 41.6 Å². The van der Waals surface area contributed by atoms with Crippen molar-refractivity contribution in [2.45, 2.75) is 18.1 Å². The Bertz CT molecular complexity index is 1010. The molecule has 8 nitrogen and oxygen atoms in total. The summed E-state index contributed by atoms with van der Waals surface area (Å²) in [5, 5.41) is 6.55. The number of anilines is 2. The van der Waals surface area contributed by atoms with Crippen LogP contribution in [0.5, 0.6) is 11.6 Å². The maximum atomic E-state index is 11.5. The summed E-state index contributed by atoms with van der Waals surface area (Å²) in [6, 6.07) is 11.2. The summed E-state index contributed by atoms with van der Waals surface area (Å²) in [5.41, 5.74) is 1.03. The van der Waals surface area contributed by atoms with Gasteiger partial charge in [0, 0.05) is 31.0 Å². The molecule has 0 atom stereocenters. The third kappa shape index (κ3) is 4.60. The Morgan fingerprint density at radius 1 is 1.24 bits per heavy atom. The number of benzene rings is 1. The first-order chi connectivity index (χ1) is 14.1. The Balaban J connectivity index is 1.55. The van der Waals surface area contributed by atoms with Gasteiger partial charge in [0.15, 0.2) is 10.3 Å². The number of amides is 2. The Hall–Kier alpha value is -2.85. The van der Waals surface area contributed by atoms with E-state index in [2.05, 4.69) is 30.5 Å². The second kappa shape index (κ2) is 8.66. The van der Waals surface area contributed by atoms with E-state index >= 15 is 0 Å². The Kier molecular flexibility index (Phi) is 5.81. The Labute approximate surface area is 176 Å². The predicted molar refractivity (Wildman–Crippen MR) is 115 cm³/mol. The summed E-state index contributed by atoms with van der Waals surface area (Å²) >= 11 is 2.97. The number of nitrogens with zero attached hydrogens (tertiary/aromatic N) is 4. The number of rotatable bonds is 5. The number of aromatic nitrogens is 3. The molecule has 0 unspecified atom stereocenters. The van der Waals surface area contributed by atoms with Crippen molar-refractivity contribution in [2.24, 2.45) is 0 Å². The topological polar surface area (TPSA) is 92.3 Å². The van der Waals surface area contributed by atoms with Gasteiger partial charge in [-0.1, -0.05) is 41.3 Å². The van der Waals surface area contributed by atoms with Crippen molar-refractivity contribution in [3.63, 3.8) is 0 Å². The number of carbonyl (C=O) groups is 1. The van der Waals surface area contributed by atoms with Crippen LogP contribution in [0, 0.1) is 0 Å². The summed E-state index contributed by atoms with van der Waals surface area (Å²) in [7, 11) is 1.58. The van der Waals surface area contributed by atoms with Crippen molar-refractivity contribution in [1.82, 2.24) is 20.3 Å². The lowest BCUT2D eigenvalue weighted by Crippen LogP contribution is -2.30. The number of thiazole rings is 1. The Morgan fingerprint density at radius 2 is 2.07 bits per heavy atom. The molecule has 1 aliphatic rings. The first-order valence-electron chi connectivity index (χ1n) is 9.03. The van der Waals surface area contributed by atoms with E-state index in [9.17, 15) is 4.79 Å². The van der Waals surface area contributed by atoms with Gasteiger partial charge in [0.05, 0.1) is 12.2 Å². The van der Waals surface area contributed by atoms with Crippen molar-refractivity contribution >= 4 is 40.1 Å². The number of thioether (sulfide) groups is 1. The molecule has 0 spiro atoms. The molecule has 3 heterocycles. The molecule has 2 amide bonds. The summed E-state index contributed by atoms with van der Waals surface area (Å²) in [6.45, 7) is 1.46. The smallest absolute Gasteiger partial charge is 0.320 e. The molecule has 4 rings (SSSR count). The quantitative estimate of drug-likeness (QED) is 0.472. The fourth-order valence-corrected chi connectivity index (χ4v) is 4.30. The van der Waals surface area contributed by atoms with Crippen LogP contribution in [-0.4, -0.2) is 40.8 Å². The van der Waals surface area contributed by atoms with E-state index in [0.29, 0.717) is 22.7 Å². The number of urea groups is 1. The molecule has 2 N–H and O–H groups in total. The van der Waals surface area contributed by atoms with Gasteiger partial charge in [-0.15, -0.1) is 0 Å². The highest BCUT2D eigenvalue weighted by molar-refractivity contribution is 7.98. The molecule has 29 heavy (non-hydrogen) atoms. The van der Waals surface area contributed by atoms with E-state index in [0.717, 1.165) is 35.1 Å². The number of nitrogens with one attached hydrogen (secondary N) is 2. The molecule has 0 bridgehead atoms. The zero-order valence-corrected chi connectivity index (χ0v) is 17.6. The van der Waals surface area contributed by atoms with Gasteiger partial charge in [-0.2, -0.15) is 4.98 Å². The fraction of sp³-hybridized carbons (Fsp3) is 0.263. The van der Waals surface area contributed by atoms with Crippen LogP contribution in [-0.2, 0) is 13.0 Å². The van der Waals surface area contributed by atoms with Gasteiger partial charge in [0.25, 0.3) is 0 Å². The third-order valence-corrected chi connectivity index (χ3v) is 5.87. The lowest BCUT2D eigenvalue weighted by atomic mass is 10.2. The molecule has 0 saturated heterocycles. The molecule has 0 fully saturated rings. The van der Waals surface area contributed by atoms with Crippen LogP contribution >= 0.6 is 23.1 Å². The van der Waals surface area contributed by atoms with Crippen LogP contribution < -0.4 is 20.3 Å². The van der Waals surface area contributed by atoms with E-state index in [1.807, 2.05) is 42.7 Å². The minimum atomic E-state index is -0.268. The van der Waals surface area contributed by atoms with Gasteiger partial charge < -0.3 is 15.0 Å². The number of ether oxygens (including phenoxy) is 1. The highest BCUT2D eigenvalue weighted by Crippen LogP contribution is 2.32. The normalized spacial score (nSPS) is 13.0. The second-order valence-electron chi connectivity index (χ2n) is 6.23. The van der Waals surface area contributed by atoms with Gasteiger partial charge in [-0.3, -0.25) is 5.32 Å². The summed E-state index contributed by atoms with van der Waals surface area (Å²) in [5.74, 6) is 2.07. The largest absolute Gasteiger partial charge is 0.439 e. The van der Waals surface area contributed by atoms with E-state index < -0.39 is 0 Å². The van der Waals surface area contributed by atoms with Gasteiger partial charge >= 0.3 is 6.03 Å². The molecule has 1 aliphatic heterocycles. The monoisotopic (exact) mass is 428 g/mol. The molecule has 3 aromatic rings. The zero-order valence-electron chi connectivity index (χ0n) is 16.0. The van der Waals surface area contributed by atoms with Crippen LogP contribution in [0.25, 0.3) is 0 Å². The van der Waals surface area contributed by atoms with Crippen LogP contribution in [0.1, 0.15) is 10.6 Å². The molecule has 0 saturated carbocycles. The van der Waals surface area contributed by atoms with E-state index in [-0.39, 0.29) is 6.03 Å². The SMILES string of the molecule is CNC(=O)Nc1nc2c(s1)CN(c1cc(Oc3ccccc3)nc(SC)n1)CC2. The highest BCUT2D eigenvalue weighted by atomic mass is 32.2. The van der Waals surface area contributed by atoms with Crippen molar-refractivity contribution in [3.8, 4) is 11.6 Å². The number of para-hydroxylation sites is 1. The Morgan fingerprint density at radius 3 is 2.83 bits per heavy atom. The van der Waals surface area contributed by atoms with Crippen LogP contribution in [0.3, 0.4) is 0 Å². The fourth-order valence-electron chi connectivity index (χ4n) is 2.91. The van der Waals surface area contributed by atoms with Gasteiger partial charge in [-0.05, 0) is 18.4 Å². The van der Waals surface area contributed by atoms with Crippen molar-refractivity contribution in [2.75, 3.05) is 30.1 Å². The number of hydrogen-bond acceptors (Lipinski definition) is 8. The molecular weight excluding hydrogens is 408 g/mol. The average Bonchev–Trinajstić information content (AvgIpc) is 3.15. The van der Waals surface area contributed by atoms with Gasteiger partial charge in [0.1, 0.15) is 11.6 Å². The average molecular weight is 429 g/mol. The minimum absolute atomic E-state index is 0.268. The van der Waals surface area contributed by atoms with Crippen molar-refractivity contribution < 1.29 is 9.53 Å².